The zero-order valence-electron chi connectivity index (χ0n) is 7.60. The van der Waals surface area contributed by atoms with E-state index in [1.807, 2.05) is 23.8 Å². The molecule has 0 bridgehead atoms. The van der Waals surface area contributed by atoms with Gasteiger partial charge in [0.05, 0.1) is 0 Å². The van der Waals surface area contributed by atoms with Crippen LogP contribution in [0.5, 0.6) is 0 Å². The van der Waals surface area contributed by atoms with Gasteiger partial charge in [-0.2, -0.15) is 0 Å². The lowest BCUT2D eigenvalue weighted by Crippen LogP contribution is -1.91. The molecular formula is C9H10N4. The minimum absolute atomic E-state index is 0.614. The highest BCUT2D eigenvalue weighted by atomic mass is 15.3. The number of rotatable bonds is 0. The van der Waals surface area contributed by atoms with E-state index in [4.69, 9.17) is 0 Å². The average Bonchev–Trinajstić information content (AvgIpc) is 2.50. The summed E-state index contributed by atoms with van der Waals surface area (Å²) in [5, 5.41) is 7.64. The van der Waals surface area contributed by atoms with Crippen LogP contribution in [0.4, 0.5) is 5.95 Å². The molecule has 2 rings (SSSR count). The number of hydrogen-bond acceptors (Lipinski definition) is 3. The zero-order chi connectivity index (χ0) is 9.26. The highest BCUT2D eigenvalue weighted by Gasteiger charge is 2.02. The second-order valence-corrected chi connectivity index (χ2v) is 2.98. The molecule has 0 aliphatic carbocycles. The topological polar surface area (TPSA) is 43.1 Å². The molecule has 4 nitrogen and oxygen atoms in total. The van der Waals surface area contributed by atoms with E-state index in [0.29, 0.717) is 5.95 Å². The summed E-state index contributed by atoms with van der Waals surface area (Å²) in [4.78, 5) is 4.14. The molecule has 1 aromatic heterocycles. The van der Waals surface area contributed by atoms with Gasteiger partial charge in [0.1, 0.15) is 6.33 Å². The second kappa shape index (κ2) is 2.97. The predicted molar refractivity (Wildman–Crippen MR) is 51.9 cm³/mol. The van der Waals surface area contributed by atoms with Gasteiger partial charge < -0.3 is 0 Å². The monoisotopic (exact) mass is 174 g/mol. The summed E-state index contributed by atoms with van der Waals surface area (Å²) < 4.78 is 1.81. The van der Waals surface area contributed by atoms with Crippen LogP contribution in [0.3, 0.4) is 0 Å². The smallest absolute Gasteiger partial charge is 0.254 e. The first-order valence-electron chi connectivity index (χ1n) is 4.06. The number of hydrogen-bond donors (Lipinski definition) is 0. The van der Waals surface area contributed by atoms with Crippen molar-refractivity contribution in [3.63, 3.8) is 0 Å². The molecule has 1 aliphatic rings. The van der Waals surface area contributed by atoms with E-state index < -0.39 is 0 Å². The van der Waals surface area contributed by atoms with Crippen LogP contribution >= 0.6 is 0 Å². The Hall–Kier alpha value is -1.71. The van der Waals surface area contributed by atoms with Crippen LogP contribution in [0.25, 0.3) is 6.20 Å². The highest BCUT2D eigenvalue weighted by molar-refractivity contribution is 5.77. The molecule has 2 heterocycles. The molecule has 66 valence electrons. The Morgan fingerprint density at radius 3 is 2.92 bits per heavy atom. The van der Waals surface area contributed by atoms with Crippen LogP contribution in [0.15, 0.2) is 28.5 Å². The van der Waals surface area contributed by atoms with E-state index in [9.17, 15) is 0 Å². The van der Waals surface area contributed by atoms with Gasteiger partial charge in [0.15, 0.2) is 0 Å². The SMILES string of the molecule is CC1=CC=Nc2nncn2C=C1C. The molecule has 4 heteroatoms. The molecule has 0 fully saturated rings. The molecule has 0 saturated heterocycles. The predicted octanol–water partition coefficient (Wildman–Crippen LogP) is 1.80. The van der Waals surface area contributed by atoms with Crippen molar-refractivity contribution >= 4 is 18.4 Å². The Kier molecular flexibility index (Phi) is 1.81. The molecule has 0 N–H and O–H groups in total. The first-order chi connectivity index (χ1) is 6.27. The van der Waals surface area contributed by atoms with Gasteiger partial charge >= 0.3 is 0 Å². The van der Waals surface area contributed by atoms with Crippen LogP contribution in [0.1, 0.15) is 13.8 Å². The van der Waals surface area contributed by atoms with Crippen molar-refractivity contribution in [2.24, 2.45) is 4.99 Å². The summed E-state index contributed by atoms with van der Waals surface area (Å²) in [5.41, 5.74) is 2.38. The number of aliphatic imine (C=N–C) groups is 1. The minimum Gasteiger partial charge on any atom is -0.273 e. The standard InChI is InChI=1S/C9H10N4/c1-7-3-4-10-9-12-11-6-13(9)5-8(7)2/h3-6H,1-2H3. The molecular weight excluding hydrogens is 164 g/mol. The summed E-state index contributed by atoms with van der Waals surface area (Å²) >= 11 is 0. The molecule has 0 amide bonds. The maximum Gasteiger partial charge on any atom is 0.254 e. The van der Waals surface area contributed by atoms with E-state index in [1.54, 1.807) is 12.5 Å². The fourth-order valence-corrected chi connectivity index (χ4v) is 1.08. The zero-order valence-corrected chi connectivity index (χ0v) is 7.60. The fraction of sp³-hybridized carbons (Fsp3) is 0.222. The number of nitrogens with zero attached hydrogens (tertiary/aromatic N) is 4. The summed E-state index contributed by atoms with van der Waals surface area (Å²) in [6.07, 6.45) is 7.32. The Morgan fingerprint density at radius 2 is 2.08 bits per heavy atom. The van der Waals surface area contributed by atoms with E-state index in [0.717, 1.165) is 0 Å². The third-order valence-corrected chi connectivity index (χ3v) is 2.02. The quantitative estimate of drug-likeness (QED) is 0.602. The Bertz CT molecular complexity index is 409. The molecule has 0 aromatic carbocycles. The van der Waals surface area contributed by atoms with Crippen molar-refractivity contribution in [2.75, 3.05) is 0 Å². The summed E-state index contributed by atoms with van der Waals surface area (Å²) in [6.45, 7) is 4.10. The van der Waals surface area contributed by atoms with Crippen LogP contribution in [0, 0.1) is 0 Å². The molecule has 0 radical (unpaired) electrons. The molecule has 13 heavy (non-hydrogen) atoms. The Labute approximate surface area is 76.3 Å². The maximum atomic E-state index is 4.14. The van der Waals surface area contributed by atoms with Gasteiger partial charge in [0, 0.05) is 12.4 Å². The lowest BCUT2D eigenvalue weighted by atomic mass is 10.1. The summed E-state index contributed by atoms with van der Waals surface area (Å²) in [7, 11) is 0. The van der Waals surface area contributed by atoms with Crippen LogP contribution in [-0.2, 0) is 0 Å². The van der Waals surface area contributed by atoms with Crippen molar-refractivity contribution < 1.29 is 0 Å². The van der Waals surface area contributed by atoms with Gasteiger partial charge in [-0.05, 0) is 31.1 Å². The van der Waals surface area contributed by atoms with Gasteiger partial charge in [-0.1, -0.05) is 0 Å². The number of fused-ring (bicyclic) bond motifs is 1. The van der Waals surface area contributed by atoms with Gasteiger partial charge in [0.25, 0.3) is 5.95 Å². The third kappa shape index (κ3) is 1.42. The van der Waals surface area contributed by atoms with Crippen LogP contribution in [-0.4, -0.2) is 21.0 Å². The first-order valence-corrected chi connectivity index (χ1v) is 4.06. The van der Waals surface area contributed by atoms with Crippen molar-refractivity contribution in [1.82, 2.24) is 14.8 Å². The third-order valence-electron chi connectivity index (χ3n) is 2.02. The van der Waals surface area contributed by atoms with E-state index in [2.05, 4.69) is 22.1 Å². The number of allylic oxidation sites excluding steroid dienone is 3. The largest absolute Gasteiger partial charge is 0.273 e. The summed E-state index contributed by atoms with van der Waals surface area (Å²) in [6, 6.07) is 0. The van der Waals surface area contributed by atoms with Crippen molar-refractivity contribution in [3.05, 3.63) is 23.5 Å². The van der Waals surface area contributed by atoms with Crippen molar-refractivity contribution in [1.29, 1.82) is 0 Å². The van der Waals surface area contributed by atoms with Gasteiger partial charge in [-0.25, -0.2) is 4.99 Å². The van der Waals surface area contributed by atoms with Crippen molar-refractivity contribution in [2.45, 2.75) is 13.8 Å². The molecule has 0 unspecified atom stereocenters. The highest BCUT2D eigenvalue weighted by Crippen LogP contribution is 2.15. The van der Waals surface area contributed by atoms with Crippen molar-refractivity contribution in [3.8, 4) is 0 Å². The fourth-order valence-electron chi connectivity index (χ4n) is 1.08. The van der Waals surface area contributed by atoms with Gasteiger partial charge in [-0.3, -0.25) is 4.57 Å². The molecule has 1 aliphatic heterocycles. The molecule has 1 aromatic rings. The Morgan fingerprint density at radius 1 is 1.23 bits per heavy atom. The average molecular weight is 174 g/mol. The van der Waals surface area contributed by atoms with Gasteiger partial charge in [-0.15, -0.1) is 10.2 Å². The first kappa shape index (κ1) is 7.91. The van der Waals surface area contributed by atoms with E-state index in [-0.39, 0.29) is 0 Å². The second-order valence-electron chi connectivity index (χ2n) is 2.98. The summed E-state index contributed by atoms with van der Waals surface area (Å²) in [5.74, 6) is 0.614. The van der Waals surface area contributed by atoms with E-state index in [1.165, 1.54) is 11.1 Å². The Balaban J connectivity index is 2.56. The van der Waals surface area contributed by atoms with E-state index >= 15 is 0 Å². The van der Waals surface area contributed by atoms with Crippen LogP contribution < -0.4 is 0 Å². The maximum absolute atomic E-state index is 4.14. The lowest BCUT2D eigenvalue weighted by molar-refractivity contribution is 1.08. The molecule has 0 spiro atoms. The number of aromatic nitrogens is 3. The lowest BCUT2D eigenvalue weighted by Gasteiger charge is -2.03. The normalized spacial score (nSPS) is 15.5. The molecule has 0 saturated carbocycles. The van der Waals surface area contributed by atoms with Gasteiger partial charge in [0.2, 0.25) is 0 Å². The minimum atomic E-state index is 0.614. The molecule has 0 atom stereocenters. The van der Waals surface area contributed by atoms with Crippen LogP contribution in [0.2, 0.25) is 0 Å².